The van der Waals surface area contributed by atoms with Gasteiger partial charge in [-0.3, -0.25) is 5.32 Å². The van der Waals surface area contributed by atoms with E-state index in [2.05, 4.69) is 42.3 Å². The van der Waals surface area contributed by atoms with E-state index in [0.717, 1.165) is 6.42 Å². The average molecular weight is 519 g/mol. The van der Waals surface area contributed by atoms with Crippen molar-refractivity contribution in [3.63, 3.8) is 0 Å². The first-order valence-electron chi connectivity index (χ1n) is 10.5. The van der Waals surface area contributed by atoms with Crippen molar-refractivity contribution >= 4 is 69.8 Å². The Balaban J connectivity index is 1.42. The van der Waals surface area contributed by atoms with Crippen LogP contribution in [0.25, 0.3) is 0 Å². The van der Waals surface area contributed by atoms with Crippen molar-refractivity contribution in [1.82, 2.24) is 20.3 Å². The van der Waals surface area contributed by atoms with E-state index < -0.39 is 6.03 Å². The van der Waals surface area contributed by atoms with Crippen molar-refractivity contribution < 1.29 is 9.53 Å². The number of anilines is 4. The number of urea groups is 1. The first kappa shape index (κ1) is 24.1. The molecule has 0 bridgehead atoms. The zero-order valence-corrected chi connectivity index (χ0v) is 20.5. The number of hydrogen-bond acceptors (Lipinski definition) is 8. The molecular formula is C21H23ClN8O2S2. The van der Waals surface area contributed by atoms with Crippen LogP contribution in [-0.2, 0) is 11.2 Å². The van der Waals surface area contributed by atoms with Gasteiger partial charge in [-0.1, -0.05) is 17.7 Å². The van der Waals surface area contributed by atoms with Gasteiger partial charge in [-0.15, -0.1) is 11.3 Å². The minimum absolute atomic E-state index is 0.0897. The van der Waals surface area contributed by atoms with Crippen LogP contribution in [0.5, 0.6) is 0 Å². The third-order valence-corrected chi connectivity index (χ3v) is 6.14. The van der Waals surface area contributed by atoms with Crippen molar-refractivity contribution in [2.75, 3.05) is 53.7 Å². The maximum Gasteiger partial charge on any atom is 0.326 e. The zero-order valence-electron chi connectivity index (χ0n) is 18.1. The van der Waals surface area contributed by atoms with Crippen LogP contribution in [0.2, 0.25) is 5.02 Å². The molecule has 1 fully saturated rings. The fourth-order valence-corrected chi connectivity index (χ4v) is 4.11. The van der Waals surface area contributed by atoms with Gasteiger partial charge in [0.1, 0.15) is 0 Å². The van der Waals surface area contributed by atoms with Crippen LogP contribution in [-0.4, -0.2) is 58.9 Å². The third-order valence-electron chi connectivity index (χ3n) is 4.71. The largest absolute Gasteiger partial charge is 0.378 e. The first-order valence-corrected chi connectivity index (χ1v) is 12.2. The molecule has 3 aromatic rings. The van der Waals surface area contributed by atoms with Gasteiger partial charge in [-0.2, -0.15) is 15.0 Å². The first-order chi connectivity index (χ1) is 16.5. The second kappa shape index (κ2) is 11.9. The van der Waals surface area contributed by atoms with Crippen LogP contribution in [0.15, 0.2) is 41.8 Å². The van der Waals surface area contributed by atoms with Crippen molar-refractivity contribution in [2.24, 2.45) is 0 Å². The molecule has 1 saturated heterocycles. The van der Waals surface area contributed by atoms with Gasteiger partial charge in [0.05, 0.1) is 13.2 Å². The average Bonchev–Trinajstić information content (AvgIpc) is 3.34. The number of thiophene rings is 1. The second-order valence-electron chi connectivity index (χ2n) is 7.18. The van der Waals surface area contributed by atoms with Gasteiger partial charge in [-0.25, -0.2) is 4.79 Å². The summed E-state index contributed by atoms with van der Waals surface area (Å²) in [7, 11) is 0. The van der Waals surface area contributed by atoms with E-state index in [1.54, 1.807) is 35.6 Å². The summed E-state index contributed by atoms with van der Waals surface area (Å²) in [6, 6.07) is 10.4. The smallest absolute Gasteiger partial charge is 0.326 e. The summed E-state index contributed by atoms with van der Waals surface area (Å²) < 4.78 is 5.41. The molecule has 4 N–H and O–H groups in total. The fraction of sp³-hybridized carbons (Fsp3) is 0.286. The lowest BCUT2D eigenvalue weighted by Crippen LogP contribution is -2.38. The van der Waals surface area contributed by atoms with Gasteiger partial charge in [0.2, 0.25) is 17.8 Å². The van der Waals surface area contributed by atoms with E-state index in [9.17, 15) is 4.79 Å². The normalized spacial score (nSPS) is 13.3. The number of halogens is 1. The molecule has 178 valence electrons. The number of thiocarbonyl (C=S) groups is 1. The van der Waals surface area contributed by atoms with Crippen LogP contribution < -0.4 is 26.2 Å². The lowest BCUT2D eigenvalue weighted by Gasteiger charge is -2.27. The predicted molar refractivity (Wildman–Crippen MR) is 139 cm³/mol. The Kier molecular flexibility index (Phi) is 8.41. The minimum Gasteiger partial charge on any atom is -0.378 e. The van der Waals surface area contributed by atoms with Crippen LogP contribution >= 0.6 is 35.2 Å². The zero-order chi connectivity index (χ0) is 23.8. The minimum atomic E-state index is -0.496. The Morgan fingerprint density at radius 1 is 1.06 bits per heavy atom. The number of ether oxygens (including phenoxy) is 1. The molecule has 13 heteroatoms. The van der Waals surface area contributed by atoms with E-state index >= 15 is 0 Å². The molecule has 0 spiro atoms. The Morgan fingerprint density at radius 2 is 1.79 bits per heavy atom. The summed E-state index contributed by atoms with van der Waals surface area (Å²) in [5.74, 6) is 0.739. The van der Waals surface area contributed by atoms with Crippen molar-refractivity contribution in [2.45, 2.75) is 6.42 Å². The van der Waals surface area contributed by atoms with Gasteiger partial charge >= 0.3 is 6.03 Å². The number of nitrogens with zero attached hydrogens (tertiary/aromatic N) is 4. The van der Waals surface area contributed by atoms with Gasteiger partial charge in [0.25, 0.3) is 0 Å². The van der Waals surface area contributed by atoms with E-state index in [-0.39, 0.29) is 11.9 Å². The number of carbonyl (C=O) groups is 1. The number of aromatic nitrogens is 3. The summed E-state index contributed by atoms with van der Waals surface area (Å²) in [6.45, 7) is 3.06. The molecule has 0 atom stereocenters. The van der Waals surface area contributed by atoms with Crippen molar-refractivity contribution in [1.29, 1.82) is 0 Å². The Bertz CT molecular complexity index is 1110. The predicted octanol–water partition coefficient (Wildman–Crippen LogP) is 3.60. The fourth-order valence-electron chi connectivity index (χ4n) is 3.08. The van der Waals surface area contributed by atoms with Crippen molar-refractivity contribution in [3.8, 4) is 0 Å². The molecule has 34 heavy (non-hydrogen) atoms. The van der Waals surface area contributed by atoms with E-state index in [4.69, 9.17) is 28.6 Å². The molecule has 1 aliphatic rings. The molecule has 3 heterocycles. The Morgan fingerprint density at radius 3 is 2.50 bits per heavy atom. The molecule has 10 nitrogen and oxygen atoms in total. The third kappa shape index (κ3) is 7.22. The maximum absolute atomic E-state index is 12.5. The van der Waals surface area contributed by atoms with Gasteiger partial charge in [-0.05, 0) is 54.4 Å². The van der Waals surface area contributed by atoms with E-state index in [0.29, 0.717) is 54.6 Å². The Hall–Kier alpha value is -3.06. The molecule has 0 aliphatic carbocycles. The topological polar surface area (TPSA) is 116 Å². The van der Waals surface area contributed by atoms with E-state index in [1.807, 2.05) is 16.3 Å². The monoisotopic (exact) mass is 518 g/mol. The molecule has 1 aliphatic heterocycles. The molecular weight excluding hydrogens is 496 g/mol. The molecule has 0 radical (unpaired) electrons. The number of rotatable bonds is 7. The number of carbonyl (C=O) groups excluding carboxylic acids is 1. The lowest BCUT2D eigenvalue weighted by molar-refractivity contribution is 0.122. The molecule has 1 aromatic carbocycles. The van der Waals surface area contributed by atoms with Crippen LogP contribution in [0, 0.1) is 0 Å². The Labute approximate surface area is 211 Å². The van der Waals surface area contributed by atoms with Crippen LogP contribution in [0.4, 0.5) is 28.3 Å². The lowest BCUT2D eigenvalue weighted by atomic mass is 10.3. The number of benzene rings is 1. The highest BCUT2D eigenvalue weighted by Gasteiger charge is 2.18. The molecule has 0 saturated carbocycles. The molecule has 2 amide bonds. The van der Waals surface area contributed by atoms with Gasteiger partial charge in [0.15, 0.2) is 5.11 Å². The molecule has 2 aromatic heterocycles. The summed E-state index contributed by atoms with van der Waals surface area (Å²) in [4.78, 5) is 28.9. The second-order valence-corrected chi connectivity index (χ2v) is 9.06. The van der Waals surface area contributed by atoms with Crippen molar-refractivity contribution in [3.05, 3.63) is 51.7 Å². The SMILES string of the molecule is O=C(Nc1ccc(Cl)cc1)Nc1nc(NC(=S)NCCc2cccs2)nc(N2CCOCC2)n1. The number of hydrogen-bond donors (Lipinski definition) is 4. The quantitative estimate of drug-likeness (QED) is 0.348. The molecule has 0 unspecified atom stereocenters. The number of nitrogens with one attached hydrogen (secondary N) is 4. The van der Waals surface area contributed by atoms with E-state index in [1.165, 1.54) is 4.88 Å². The summed E-state index contributed by atoms with van der Waals surface area (Å²) in [5, 5.41) is 14.5. The highest BCUT2D eigenvalue weighted by Crippen LogP contribution is 2.17. The van der Waals surface area contributed by atoms with Crippen LogP contribution in [0.3, 0.4) is 0 Å². The number of amides is 2. The van der Waals surface area contributed by atoms with Crippen LogP contribution in [0.1, 0.15) is 4.88 Å². The van der Waals surface area contributed by atoms with Gasteiger partial charge in [0, 0.05) is 35.2 Å². The highest BCUT2D eigenvalue weighted by atomic mass is 35.5. The standard InChI is InChI=1S/C21H23ClN8O2S2/c22-14-3-5-15(6-4-14)24-20(31)28-17-25-18(27-19(26-17)30-9-11-32-12-10-30)29-21(33)23-8-7-16-2-1-13-34-16/h1-6,13H,7-12H2,(H4,23,24,25,26,27,28,29,31,33). The maximum atomic E-state index is 12.5. The molecule has 4 rings (SSSR count). The summed E-state index contributed by atoms with van der Waals surface area (Å²) in [6.07, 6.45) is 0.855. The summed E-state index contributed by atoms with van der Waals surface area (Å²) in [5.41, 5.74) is 0.582. The highest BCUT2D eigenvalue weighted by molar-refractivity contribution is 7.80. The van der Waals surface area contributed by atoms with Gasteiger partial charge < -0.3 is 25.6 Å². The summed E-state index contributed by atoms with van der Waals surface area (Å²) >= 11 is 13.0. The number of morpholine rings is 1.